The van der Waals surface area contributed by atoms with E-state index in [2.05, 4.69) is 62.4 Å². The highest BCUT2D eigenvalue weighted by Gasteiger charge is 2.35. The van der Waals surface area contributed by atoms with Crippen LogP contribution in [-0.2, 0) is 30.2 Å². The van der Waals surface area contributed by atoms with Gasteiger partial charge in [-0.15, -0.1) is 16.6 Å². The minimum absolute atomic E-state index is 0.0247. The van der Waals surface area contributed by atoms with Crippen molar-refractivity contribution in [2.24, 2.45) is 29.0 Å². The van der Waals surface area contributed by atoms with Gasteiger partial charge < -0.3 is 61.4 Å². The molecule has 23 heteroatoms. The summed E-state index contributed by atoms with van der Waals surface area (Å²) in [6.45, 7) is 15.3. The molecule has 2 aliphatic heterocycles. The second-order valence-electron chi connectivity index (χ2n) is 18.9. The van der Waals surface area contributed by atoms with Crippen LogP contribution < -0.4 is 32.3 Å². The third kappa shape index (κ3) is 16.0. The van der Waals surface area contributed by atoms with Gasteiger partial charge in [0.2, 0.25) is 29.7 Å². The molecule has 2 aliphatic rings. The average molecular weight is 1000 g/mol. The Hall–Kier alpha value is -6.03. The van der Waals surface area contributed by atoms with Gasteiger partial charge in [0.25, 0.3) is 0 Å². The fourth-order valence-electron chi connectivity index (χ4n) is 8.69. The van der Waals surface area contributed by atoms with Gasteiger partial charge in [0, 0.05) is 58.9 Å². The molecule has 2 saturated heterocycles. The van der Waals surface area contributed by atoms with Crippen LogP contribution in [0.25, 0.3) is 0 Å². The molecule has 6 rings (SSSR count). The van der Waals surface area contributed by atoms with E-state index in [9.17, 15) is 14.7 Å². The van der Waals surface area contributed by atoms with Gasteiger partial charge in [-0.05, 0) is 68.2 Å². The van der Waals surface area contributed by atoms with Crippen LogP contribution in [0, 0.1) is 24.2 Å². The van der Waals surface area contributed by atoms with E-state index in [1.165, 1.54) is 0 Å². The smallest absolute Gasteiger partial charge is 0.247 e. The number of carbonyl (C=O) groups excluding carboxylic acids is 2. The Morgan fingerprint density at radius 3 is 1.93 bits per heavy atom. The molecule has 394 valence electrons. The minimum atomic E-state index is -0.571. The van der Waals surface area contributed by atoms with Gasteiger partial charge in [-0.1, -0.05) is 62.6 Å². The Morgan fingerprint density at radius 1 is 0.764 bits per heavy atom. The van der Waals surface area contributed by atoms with Crippen LogP contribution in [0.5, 0.6) is 5.75 Å². The molecule has 0 saturated carbocycles. The average Bonchev–Trinajstić information content (AvgIpc) is 4.09. The quantitative estimate of drug-likeness (QED) is 0.0385. The minimum Gasteiger partial charge on any atom is -0.508 e. The fourth-order valence-corrected chi connectivity index (χ4v) is 8.69. The van der Waals surface area contributed by atoms with Gasteiger partial charge in [-0.25, -0.2) is 9.36 Å². The van der Waals surface area contributed by atoms with Gasteiger partial charge in [0.1, 0.15) is 24.4 Å². The normalized spacial score (nSPS) is 16.4. The number of aromatic nitrogens is 9. The summed E-state index contributed by atoms with van der Waals surface area (Å²) in [7, 11) is 0. The number of nitrogens with one attached hydrogen (secondary N) is 1. The Kier molecular flexibility index (Phi) is 21.7. The molecule has 0 spiro atoms. The van der Waals surface area contributed by atoms with Crippen molar-refractivity contribution < 1.29 is 28.9 Å². The summed E-state index contributed by atoms with van der Waals surface area (Å²) >= 11 is 0. The number of aromatic hydroxyl groups is 1. The molecule has 72 heavy (non-hydrogen) atoms. The number of phenolic OH excluding ortho intramolecular Hbond substituents is 1. The van der Waals surface area contributed by atoms with Crippen molar-refractivity contribution in [1.82, 2.24) is 54.7 Å². The number of nitrogens with zero attached hydrogens (tertiary/aromatic N) is 13. The van der Waals surface area contributed by atoms with Crippen LogP contribution in [0.4, 0.5) is 17.8 Å². The molecule has 0 aliphatic carbocycles. The van der Waals surface area contributed by atoms with E-state index in [0.29, 0.717) is 146 Å². The van der Waals surface area contributed by atoms with E-state index in [1.807, 2.05) is 35.1 Å². The topological polar surface area (TPSA) is 285 Å². The molecule has 4 aromatic rings. The second kappa shape index (κ2) is 28.3. The SMILES string of the molecule is C#CCOCCOCCOCCNc1nc(N2CCN(C(=O)C(CCCCN)n3cc(C(N)CC(C)C)nn3)CC2)nc(N2CCN(C(=O)C(C(C)CC)n3cc(C(N)Cc4ccc(O)cc4)nn3)CC2)n1. The van der Waals surface area contributed by atoms with E-state index < -0.39 is 18.1 Å². The van der Waals surface area contributed by atoms with Gasteiger partial charge in [0.15, 0.2) is 0 Å². The van der Waals surface area contributed by atoms with Crippen LogP contribution in [0.15, 0.2) is 36.7 Å². The number of hydrogen-bond acceptors (Lipinski definition) is 19. The van der Waals surface area contributed by atoms with E-state index in [-0.39, 0.29) is 36.1 Å². The monoisotopic (exact) mass is 1000 g/mol. The van der Waals surface area contributed by atoms with Crippen molar-refractivity contribution >= 4 is 29.7 Å². The third-order valence-electron chi connectivity index (χ3n) is 13.0. The summed E-state index contributed by atoms with van der Waals surface area (Å²) in [5.41, 5.74) is 21.1. The number of phenols is 1. The lowest BCUT2D eigenvalue weighted by molar-refractivity contribution is -0.137. The summed E-state index contributed by atoms with van der Waals surface area (Å²) in [5.74, 6) is 4.26. The predicted molar refractivity (Wildman–Crippen MR) is 273 cm³/mol. The molecule has 0 bridgehead atoms. The number of piperazine rings is 2. The number of anilines is 3. The Bertz CT molecular complexity index is 2290. The maximum Gasteiger partial charge on any atom is 0.247 e. The molecule has 5 unspecified atom stereocenters. The first kappa shape index (κ1) is 55.3. The molecular formula is C49H77N17O6. The number of hydrogen-bond donors (Lipinski definition) is 5. The lowest BCUT2D eigenvalue weighted by Gasteiger charge is -2.38. The summed E-state index contributed by atoms with van der Waals surface area (Å²) < 4.78 is 19.9. The molecule has 2 fully saturated rings. The predicted octanol–water partition coefficient (Wildman–Crippen LogP) is 2.10. The Morgan fingerprint density at radius 2 is 1.33 bits per heavy atom. The highest BCUT2D eigenvalue weighted by atomic mass is 16.5. The molecule has 8 N–H and O–H groups in total. The van der Waals surface area contributed by atoms with Crippen LogP contribution in [0.1, 0.15) is 101 Å². The number of terminal acetylenes is 1. The van der Waals surface area contributed by atoms with Crippen molar-refractivity contribution in [1.29, 1.82) is 0 Å². The first-order valence-corrected chi connectivity index (χ1v) is 25.5. The van der Waals surface area contributed by atoms with Crippen molar-refractivity contribution in [3.8, 4) is 18.1 Å². The van der Waals surface area contributed by atoms with Crippen LogP contribution in [-0.4, -0.2) is 177 Å². The first-order valence-electron chi connectivity index (χ1n) is 25.5. The largest absolute Gasteiger partial charge is 0.508 e. The number of rotatable bonds is 29. The maximum atomic E-state index is 14.4. The molecular weight excluding hydrogens is 923 g/mol. The standard InChI is InChI=1S/C49H77N17O6/c1-6-25-70-27-29-72-30-28-71-26-16-53-47-54-48(63-21-17-61(18-22-63)45(68)43(10-8-9-15-50)65-33-41(57-59-65)39(51)31-35(3)4)56-49(55-47)64-23-19-62(20-24-64)46(69)44(36(5)7-2)66-34-42(58-60-66)40(52)32-37-11-13-38(67)14-12-37/h1,11-14,33-36,39-40,43-44,67H,7-10,15-32,50-52H2,2-5H3,(H,53,54,55,56). The second-order valence-corrected chi connectivity index (χ2v) is 18.9. The first-order chi connectivity index (χ1) is 34.9. The Labute approximate surface area is 423 Å². The van der Waals surface area contributed by atoms with E-state index in [4.69, 9.17) is 52.8 Å². The third-order valence-corrected chi connectivity index (χ3v) is 13.0. The number of nitrogens with two attached hydrogens (primary N) is 3. The van der Waals surface area contributed by atoms with Crippen LogP contribution in [0.2, 0.25) is 0 Å². The summed E-state index contributed by atoms with van der Waals surface area (Å²) in [6.07, 6.45) is 13.0. The van der Waals surface area contributed by atoms with Crippen LogP contribution in [0.3, 0.4) is 0 Å². The van der Waals surface area contributed by atoms with E-state index in [0.717, 1.165) is 31.2 Å². The molecule has 0 radical (unpaired) electrons. The maximum absolute atomic E-state index is 14.4. The highest BCUT2D eigenvalue weighted by Crippen LogP contribution is 2.28. The fraction of sp³-hybridized carbons (Fsp3) is 0.653. The molecule has 5 heterocycles. The van der Waals surface area contributed by atoms with Crippen molar-refractivity contribution in [2.45, 2.75) is 90.4 Å². The number of benzene rings is 1. The number of carbonyl (C=O) groups is 2. The molecule has 23 nitrogen and oxygen atoms in total. The summed E-state index contributed by atoms with van der Waals surface area (Å²) in [6, 6.07) is 5.10. The van der Waals surface area contributed by atoms with Gasteiger partial charge in [-0.3, -0.25) is 9.59 Å². The number of ether oxygens (including phenoxy) is 3. The molecule has 1 aromatic carbocycles. The van der Waals surface area contributed by atoms with Crippen LogP contribution >= 0.6 is 0 Å². The lowest BCUT2D eigenvalue weighted by atomic mass is 9.97. The molecule has 5 atom stereocenters. The van der Waals surface area contributed by atoms with Gasteiger partial charge >= 0.3 is 0 Å². The Balaban J connectivity index is 1.11. The van der Waals surface area contributed by atoms with E-state index in [1.54, 1.807) is 27.7 Å². The highest BCUT2D eigenvalue weighted by molar-refractivity contribution is 5.81. The number of amides is 2. The zero-order valence-corrected chi connectivity index (χ0v) is 42.6. The van der Waals surface area contributed by atoms with Crippen molar-refractivity contribution in [3.05, 3.63) is 53.6 Å². The summed E-state index contributed by atoms with van der Waals surface area (Å²) in [4.78, 5) is 51.3. The zero-order valence-electron chi connectivity index (χ0n) is 42.6. The van der Waals surface area contributed by atoms with Gasteiger partial charge in [0.05, 0.1) is 68.9 Å². The summed E-state index contributed by atoms with van der Waals surface area (Å²) in [5, 5.41) is 30.6. The number of unbranched alkanes of at least 4 members (excludes halogenated alkanes) is 1. The molecule has 2 amide bonds. The van der Waals surface area contributed by atoms with E-state index >= 15 is 0 Å². The van der Waals surface area contributed by atoms with Crippen molar-refractivity contribution in [3.63, 3.8) is 0 Å². The lowest BCUT2D eigenvalue weighted by Crippen LogP contribution is -2.52. The van der Waals surface area contributed by atoms with Crippen molar-refractivity contribution in [2.75, 3.05) is 120 Å². The van der Waals surface area contributed by atoms with Gasteiger partial charge in [-0.2, -0.15) is 15.0 Å². The molecule has 3 aromatic heterocycles. The zero-order chi connectivity index (χ0) is 51.4.